The van der Waals surface area contributed by atoms with Crippen LogP contribution in [0.1, 0.15) is 71.4 Å². The van der Waals surface area contributed by atoms with Crippen LogP contribution in [0.25, 0.3) is 32.3 Å². The van der Waals surface area contributed by atoms with Crippen LogP contribution < -0.4 is 34.1 Å². The molecule has 0 saturated carbocycles. The maximum atomic E-state index is 13.9. The summed E-state index contributed by atoms with van der Waals surface area (Å²) < 4.78 is 33.9. The minimum Gasteiger partial charge on any atom is -0.508 e. The second kappa shape index (κ2) is 31.1. The molecule has 106 heavy (non-hydrogen) atoms. The Morgan fingerprint density at radius 3 is 1.45 bits per heavy atom. The third kappa shape index (κ3) is 14.9. The van der Waals surface area contributed by atoms with Gasteiger partial charge in [0.15, 0.2) is 0 Å². The standard InChI is InChI=1S/C33H40F2N6O2.C26H26N4O2.C25H26N4O2/c1-2-30(42)39-16-18-40(19-17-39)32-27-11-15-41(29-22-25(31(34)35)21-24-9-4-5-10-26(24)29)23-28(27)36-33(37-32)43-20-8-14-38-12-6-3-7-13-38;1-2-25(32)30-16-26(17-30)14-29(15-26)23-7-9-27-22-13-28(10-8-21(22)23)24-12-19(31)11-18-5-3-4-6-20(18)24;1-2-25(31)28-13-11-27(12-14-28)23-7-9-26-22-17-29(10-8-21(22)23)24-16-19(30)15-18-5-3-4-6-20(18)24/h2,4-5,9-10,21-22,31H,1,3,6-8,11-20,23H2;2-7,9,11-12,31H,1,8,10,13-17H2;2-7,9,15-16,30H,1,8,10-14,17H2. The number of piperazine rings is 2. The third-order valence-electron chi connectivity index (χ3n) is 22.4. The number of ether oxygens (including phenoxy) is 1. The van der Waals surface area contributed by atoms with E-state index < -0.39 is 6.43 Å². The quantitative estimate of drug-likeness (QED) is 0.0729. The summed E-state index contributed by atoms with van der Waals surface area (Å²) in [7, 11) is 0. The molecule has 20 nitrogen and oxygen atoms in total. The first-order valence-electron chi connectivity index (χ1n) is 37.4. The number of benzene rings is 6. The Morgan fingerprint density at radius 1 is 0.472 bits per heavy atom. The zero-order chi connectivity index (χ0) is 73.0. The number of carbonyl (C=O) groups excluding carboxylic acids is 3. The number of hydrogen-bond donors (Lipinski definition) is 2. The van der Waals surface area contributed by atoms with E-state index in [1.165, 1.54) is 60.0 Å². The number of nitrogens with zero attached hydrogens (tertiary/aromatic N) is 14. The molecule has 548 valence electrons. The van der Waals surface area contributed by atoms with Gasteiger partial charge in [-0.3, -0.25) is 24.4 Å². The molecule has 0 unspecified atom stereocenters. The van der Waals surface area contributed by atoms with Crippen molar-refractivity contribution >= 4 is 84.3 Å². The number of likely N-dealkylation sites (tertiary alicyclic amines) is 2. The van der Waals surface area contributed by atoms with Gasteiger partial charge in [0.25, 0.3) is 6.43 Å². The van der Waals surface area contributed by atoms with E-state index in [0.717, 1.165) is 176 Å². The van der Waals surface area contributed by atoms with Crippen molar-refractivity contribution in [1.82, 2.24) is 39.5 Å². The van der Waals surface area contributed by atoms with Crippen molar-refractivity contribution in [2.45, 2.75) is 71.0 Å². The number of aromatic hydroxyl groups is 2. The van der Waals surface area contributed by atoms with Gasteiger partial charge in [-0.05, 0) is 122 Å². The maximum absolute atomic E-state index is 13.9. The van der Waals surface area contributed by atoms with Crippen LogP contribution in [0.5, 0.6) is 17.5 Å². The smallest absolute Gasteiger partial charge is 0.318 e. The number of hydrogen-bond acceptors (Lipinski definition) is 17. The number of pyridine rings is 2. The van der Waals surface area contributed by atoms with Crippen LogP contribution in [0.15, 0.2) is 172 Å². The van der Waals surface area contributed by atoms with E-state index in [4.69, 9.17) is 24.7 Å². The van der Waals surface area contributed by atoms with Crippen molar-refractivity contribution in [2.75, 3.05) is 154 Å². The molecular formula is C84H92F2N14O6. The summed E-state index contributed by atoms with van der Waals surface area (Å²) in [5.41, 5.74) is 12.4. The summed E-state index contributed by atoms with van der Waals surface area (Å²) in [6, 6.07) is 39.2. The molecule has 6 aromatic carbocycles. The number of phenolic OH excluding ortho intramolecular Hbond substituents is 2. The van der Waals surface area contributed by atoms with Gasteiger partial charge in [-0.25, -0.2) is 8.78 Å². The lowest BCUT2D eigenvalue weighted by atomic mass is 9.72. The van der Waals surface area contributed by atoms with Crippen LogP contribution in [-0.2, 0) is 53.3 Å². The Bertz CT molecular complexity index is 4790. The predicted molar refractivity (Wildman–Crippen MR) is 415 cm³/mol. The van der Waals surface area contributed by atoms with Crippen LogP contribution in [0.2, 0.25) is 0 Å². The topological polar surface area (TPSA) is 185 Å². The summed E-state index contributed by atoms with van der Waals surface area (Å²) in [4.78, 5) is 76.9. The van der Waals surface area contributed by atoms with E-state index in [1.54, 1.807) is 17.0 Å². The predicted octanol–water partition coefficient (Wildman–Crippen LogP) is 11.9. The van der Waals surface area contributed by atoms with Crippen LogP contribution in [0.3, 0.4) is 0 Å². The SMILES string of the molecule is C=CC(=O)N1CC2(C1)CN(c1ccnc3c1CCN(c1cc(O)cc4ccccc14)C3)C2.C=CC(=O)N1CCN(c2ccnc3c2CCN(c2cc(O)cc4ccccc24)C3)CC1.C=CC(=O)N1CCN(c2nc(OCCCN3CCCCC3)nc3c2CCN(c2cc(C(F)F)cc4ccccc24)C3)CC1. The number of piperidine rings is 1. The normalized spacial score (nSPS) is 17.7. The van der Waals surface area contributed by atoms with Gasteiger partial charge in [0.1, 0.15) is 17.3 Å². The van der Waals surface area contributed by atoms with E-state index in [9.17, 15) is 33.4 Å². The fraction of sp³-hybridized carbons (Fsp3) is 0.369. The zero-order valence-corrected chi connectivity index (χ0v) is 60.2. The van der Waals surface area contributed by atoms with E-state index in [-0.39, 0.29) is 34.4 Å². The Labute approximate surface area is 617 Å². The second-order valence-electron chi connectivity index (χ2n) is 29.1. The van der Waals surface area contributed by atoms with Crippen molar-refractivity contribution in [3.8, 4) is 17.5 Å². The first-order chi connectivity index (χ1) is 51.7. The molecule has 8 aliphatic heterocycles. The first kappa shape index (κ1) is 70.8. The number of phenols is 2. The number of alkyl halides is 2. The first-order valence-corrected chi connectivity index (χ1v) is 37.4. The molecule has 3 amide bonds. The van der Waals surface area contributed by atoms with Gasteiger partial charge in [-0.2, -0.15) is 9.97 Å². The van der Waals surface area contributed by atoms with Gasteiger partial charge in [0.05, 0.1) is 43.3 Å². The van der Waals surface area contributed by atoms with Crippen LogP contribution in [0, 0.1) is 5.41 Å². The fourth-order valence-electron chi connectivity index (χ4n) is 17.0. The number of halogens is 2. The molecule has 8 aliphatic rings. The lowest BCUT2D eigenvalue weighted by molar-refractivity contribution is -0.139. The second-order valence-corrected chi connectivity index (χ2v) is 29.1. The molecule has 1 spiro atoms. The Morgan fingerprint density at radius 2 is 0.934 bits per heavy atom. The Balaban J connectivity index is 0.000000130. The molecule has 5 saturated heterocycles. The van der Waals surface area contributed by atoms with Gasteiger partial charge < -0.3 is 63.9 Å². The number of carbonyl (C=O) groups is 3. The highest BCUT2D eigenvalue weighted by atomic mass is 19.3. The highest BCUT2D eigenvalue weighted by Gasteiger charge is 2.53. The number of anilines is 6. The van der Waals surface area contributed by atoms with Gasteiger partial charge in [0.2, 0.25) is 17.7 Å². The van der Waals surface area contributed by atoms with Crippen LogP contribution in [0.4, 0.5) is 43.0 Å². The highest BCUT2D eigenvalue weighted by molar-refractivity contribution is 5.98. The fourth-order valence-corrected chi connectivity index (χ4v) is 17.0. The molecule has 0 radical (unpaired) electrons. The molecule has 17 rings (SSSR count). The van der Waals surface area contributed by atoms with Crippen molar-refractivity contribution in [2.24, 2.45) is 5.41 Å². The maximum Gasteiger partial charge on any atom is 0.318 e. The van der Waals surface area contributed by atoms with Crippen molar-refractivity contribution < 1.29 is 38.1 Å². The lowest BCUT2D eigenvalue weighted by Gasteiger charge is -2.61. The van der Waals surface area contributed by atoms with Gasteiger partial charge in [-0.15, -0.1) is 0 Å². The highest BCUT2D eigenvalue weighted by Crippen LogP contribution is 2.45. The minimum absolute atomic E-state index is 0.00499. The van der Waals surface area contributed by atoms with E-state index in [2.05, 4.69) is 78.3 Å². The van der Waals surface area contributed by atoms with Crippen molar-refractivity contribution in [3.05, 3.63) is 211 Å². The van der Waals surface area contributed by atoms with E-state index >= 15 is 0 Å². The van der Waals surface area contributed by atoms with Crippen molar-refractivity contribution in [1.29, 1.82) is 0 Å². The number of rotatable bonds is 15. The molecule has 9 aromatic rings. The van der Waals surface area contributed by atoms with Crippen LogP contribution >= 0.6 is 0 Å². The molecule has 0 atom stereocenters. The van der Waals surface area contributed by atoms with Crippen LogP contribution in [-0.4, -0.2) is 192 Å². The van der Waals surface area contributed by atoms with Gasteiger partial charge >= 0.3 is 6.01 Å². The summed E-state index contributed by atoms with van der Waals surface area (Å²) >= 11 is 0. The molecule has 5 fully saturated rings. The molecule has 3 aromatic heterocycles. The largest absolute Gasteiger partial charge is 0.508 e. The molecule has 0 aliphatic carbocycles. The average Bonchev–Trinajstić information content (AvgIpc) is 0.725. The molecular weight excluding hydrogens is 1340 g/mol. The summed E-state index contributed by atoms with van der Waals surface area (Å²) in [5.74, 6) is 1.42. The summed E-state index contributed by atoms with van der Waals surface area (Å²) in [6.45, 7) is 28.2. The molecule has 22 heteroatoms. The van der Waals surface area contributed by atoms with Gasteiger partial charge in [0, 0.05) is 202 Å². The molecule has 11 heterocycles. The Kier molecular flexibility index (Phi) is 20.7. The number of amides is 3. The van der Waals surface area contributed by atoms with Crippen molar-refractivity contribution in [3.63, 3.8) is 0 Å². The van der Waals surface area contributed by atoms with E-state index in [0.29, 0.717) is 83.7 Å². The average molecular weight is 1430 g/mol. The molecule has 2 N–H and O–H groups in total. The molecule has 0 bridgehead atoms. The number of aromatic nitrogens is 4. The summed E-state index contributed by atoms with van der Waals surface area (Å²) in [5, 5.41) is 26.6. The summed E-state index contributed by atoms with van der Waals surface area (Å²) in [6.07, 6.45) is 12.6. The minimum atomic E-state index is -2.55. The lowest BCUT2D eigenvalue weighted by Crippen LogP contribution is -2.73. The Hall–Kier alpha value is -10.9. The number of fused-ring (bicyclic) bond motifs is 6. The third-order valence-corrected chi connectivity index (χ3v) is 22.4. The monoisotopic (exact) mass is 1430 g/mol. The zero-order valence-electron chi connectivity index (χ0n) is 60.2. The van der Waals surface area contributed by atoms with Gasteiger partial charge in [-0.1, -0.05) is 99.0 Å². The van der Waals surface area contributed by atoms with E-state index in [1.807, 2.05) is 107 Å².